The summed E-state index contributed by atoms with van der Waals surface area (Å²) in [7, 11) is 2.19. The molecular formula is C27H29ClN6. The topological polar surface area (TPSA) is 49.6 Å². The van der Waals surface area contributed by atoms with Crippen LogP contribution in [-0.4, -0.2) is 76.9 Å². The summed E-state index contributed by atoms with van der Waals surface area (Å²) in [6, 6.07) is 20.5. The van der Waals surface area contributed by atoms with Crippen LogP contribution in [0.3, 0.4) is 0 Å². The molecule has 4 aromatic rings. The van der Waals surface area contributed by atoms with Gasteiger partial charge in [-0.3, -0.25) is 4.99 Å². The normalized spacial score (nSPS) is 15.5. The van der Waals surface area contributed by atoms with E-state index in [9.17, 15) is 0 Å². The summed E-state index contributed by atoms with van der Waals surface area (Å²) in [6.07, 6.45) is 5.06. The summed E-state index contributed by atoms with van der Waals surface area (Å²) in [4.78, 5) is 18.6. The molecule has 0 spiro atoms. The summed E-state index contributed by atoms with van der Waals surface area (Å²) in [6.45, 7) is 6.63. The monoisotopic (exact) mass is 472 g/mol. The van der Waals surface area contributed by atoms with Gasteiger partial charge in [0, 0.05) is 61.8 Å². The number of para-hydroxylation sites is 1. The molecule has 3 heterocycles. The van der Waals surface area contributed by atoms with E-state index in [2.05, 4.69) is 56.1 Å². The minimum absolute atomic E-state index is 0.240. The van der Waals surface area contributed by atoms with Crippen molar-refractivity contribution in [2.75, 3.05) is 46.3 Å². The Morgan fingerprint density at radius 1 is 0.941 bits per heavy atom. The molecule has 7 heteroatoms. The van der Waals surface area contributed by atoms with Gasteiger partial charge in [0.05, 0.1) is 5.69 Å². The van der Waals surface area contributed by atoms with Crippen LogP contribution in [0.2, 0.25) is 5.28 Å². The molecule has 0 amide bonds. The minimum atomic E-state index is 0.240. The number of hydrogen-bond donors (Lipinski definition) is 0. The first-order valence-electron chi connectivity index (χ1n) is 11.8. The third-order valence-corrected chi connectivity index (χ3v) is 6.50. The number of hydrogen-bond acceptors (Lipinski definition) is 5. The second-order valence-corrected chi connectivity index (χ2v) is 9.09. The van der Waals surface area contributed by atoms with Gasteiger partial charge in [-0.2, -0.15) is 4.98 Å². The van der Waals surface area contributed by atoms with Crippen molar-refractivity contribution in [3.63, 3.8) is 0 Å². The lowest BCUT2D eigenvalue weighted by Crippen LogP contribution is -2.44. The van der Waals surface area contributed by atoms with Crippen molar-refractivity contribution in [1.82, 2.24) is 24.3 Å². The lowest BCUT2D eigenvalue weighted by Gasteiger charge is -2.32. The predicted octanol–water partition coefficient (Wildman–Crippen LogP) is 4.80. The van der Waals surface area contributed by atoms with Crippen LogP contribution in [0.5, 0.6) is 0 Å². The van der Waals surface area contributed by atoms with Crippen LogP contribution in [-0.2, 0) is 0 Å². The molecule has 34 heavy (non-hydrogen) atoms. The van der Waals surface area contributed by atoms with E-state index in [1.165, 1.54) is 0 Å². The van der Waals surface area contributed by atoms with E-state index >= 15 is 0 Å². The van der Waals surface area contributed by atoms with Crippen molar-refractivity contribution in [1.29, 1.82) is 0 Å². The molecule has 6 nitrogen and oxygen atoms in total. The lowest BCUT2D eigenvalue weighted by molar-refractivity contribution is 0.153. The zero-order valence-corrected chi connectivity index (χ0v) is 20.2. The molecule has 1 aliphatic heterocycles. The molecular weight excluding hydrogens is 444 g/mol. The van der Waals surface area contributed by atoms with Crippen molar-refractivity contribution in [3.8, 4) is 16.9 Å². The highest BCUT2D eigenvalue weighted by molar-refractivity contribution is 6.28. The average molecular weight is 473 g/mol. The van der Waals surface area contributed by atoms with Gasteiger partial charge in [0.1, 0.15) is 5.65 Å². The average Bonchev–Trinajstić information content (AvgIpc) is 3.29. The Morgan fingerprint density at radius 2 is 1.71 bits per heavy atom. The molecule has 0 saturated carbocycles. The SMILES string of the molecule is CN1CCN(CCC/N=C/c2ccc(-c3nc(Cl)nc4c3ccn4-c3ccccc3)cc2)CC1. The maximum atomic E-state index is 6.32. The fourth-order valence-electron chi connectivity index (χ4n) is 4.36. The molecule has 2 aromatic heterocycles. The fourth-order valence-corrected chi connectivity index (χ4v) is 4.52. The molecule has 174 valence electrons. The summed E-state index contributed by atoms with van der Waals surface area (Å²) >= 11 is 6.32. The first kappa shape index (κ1) is 22.7. The summed E-state index contributed by atoms with van der Waals surface area (Å²) < 4.78 is 2.04. The van der Waals surface area contributed by atoms with E-state index in [0.717, 1.165) is 79.2 Å². The van der Waals surface area contributed by atoms with Crippen molar-refractivity contribution in [2.45, 2.75) is 6.42 Å². The van der Waals surface area contributed by atoms with E-state index in [1.54, 1.807) is 0 Å². The van der Waals surface area contributed by atoms with Crippen molar-refractivity contribution < 1.29 is 0 Å². The van der Waals surface area contributed by atoms with E-state index in [-0.39, 0.29) is 5.28 Å². The maximum absolute atomic E-state index is 6.32. The van der Waals surface area contributed by atoms with E-state index in [4.69, 9.17) is 11.6 Å². The van der Waals surface area contributed by atoms with Crippen LogP contribution in [0.25, 0.3) is 28.0 Å². The van der Waals surface area contributed by atoms with Gasteiger partial charge in [-0.1, -0.05) is 42.5 Å². The number of benzene rings is 2. The van der Waals surface area contributed by atoms with Crippen molar-refractivity contribution in [3.05, 3.63) is 77.7 Å². The van der Waals surface area contributed by atoms with Gasteiger partial charge in [-0.25, -0.2) is 4.98 Å². The summed E-state index contributed by atoms with van der Waals surface area (Å²) in [5.74, 6) is 0. The van der Waals surface area contributed by atoms with Crippen molar-refractivity contribution >= 4 is 28.8 Å². The molecule has 0 N–H and O–H groups in total. The largest absolute Gasteiger partial charge is 0.304 e. The van der Waals surface area contributed by atoms with Crippen LogP contribution in [0, 0.1) is 0 Å². The number of aromatic nitrogens is 3. The number of nitrogens with zero attached hydrogens (tertiary/aromatic N) is 6. The number of halogens is 1. The van der Waals surface area contributed by atoms with Gasteiger partial charge in [-0.15, -0.1) is 0 Å². The Bertz CT molecular complexity index is 1260. The molecule has 1 saturated heterocycles. The smallest absolute Gasteiger partial charge is 0.224 e. The van der Waals surface area contributed by atoms with Crippen LogP contribution in [0.1, 0.15) is 12.0 Å². The molecule has 0 radical (unpaired) electrons. The maximum Gasteiger partial charge on any atom is 0.224 e. The van der Waals surface area contributed by atoms with Crippen LogP contribution >= 0.6 is 11.6 Å². The molecule has 0 atom stereocenters. The van der Waals surface area contributed by atoms with Crippen LogP contribution < -0.4 is 0 Å². The van der Waals surface area contributed by atoms with Gasteiger partial charge < -0.3 is 14.4 Å². The Labute approximate surface area is 205 Å². The second-order valence-electron chi connectivity index (χ2n) is 8.76. The van der Waals surface area contributed by atoms with Gasteiger partial charge in [0.2, 0.25) is 5.28 Å². The number of fused-ring (bicyclic) bond motifs is 1. The quantitative estimate of drug-likeness (QED) is 0.220. The molecule has 2 aromatic carbocycles. The Kier molecular flexibility index (Phi) is 7.00. The molecule has 0 aliphatic carbocycles. The number of likely N-dealkylation sites (N-methyl/N-ethyl adjacent to an activating group) is 1. The first-order valence-corrected chi connectivity index (χ1v) is 12.2. The Balaban J connectivity index is 1.26. The zero-order chi connectivity index (χ0) is 23.3. The van der Waals surface area contributed by atoms with Gasteiger partial charge in [0.25, 0.3) is 0 Å². The Morgan fingerprint density at radius 3 is 2.47 bits per heavy atom. The summed E-state index contributed by atoms with van der Waals surface area (Å²) in [5, 5.41) is 1.21. The van der Waals surface area contributed by atoms with Gasteiger partial charge in [-0.05, 0) is 55.4 Å². The fraction of sp³-hybridized carbons (Fsp3) is 0.296. The van der Waals surface area contributed by atoms with E-state index in [0.29, 0.717) is 0 Å². The molecule has 0 bridgehead atoms. The molecule has 5 rings (SSSR count). The highest BCUT2D eigenvalue weighted by atomic mass is 35.5. The summed E-state index contributed by atoms with van der Waals surface area (Å²) in [5.41, 5.74) is 4.76. The van der Waals surface area contributed by atoms with Crippen molar-refractivity contribution in [2.24, 2.45) is 4.99 Å². The highest BCUT2D eigenvalue weighted by Crippen LogP contribution is 2.29. The first-order chi connectivity index (χ1) is 16.7. The molecule has 1 fully saturated rings. The number of aliphatic imine (C=N–C) groups is 1. The van der Waals surface area contributed by atoms with Crippen LogP contribution in [0.4, 0.5) is 0 Å². The van der Waals surface area contributed by atoms with Crippen LogP contribution in [0.15, 0.2) is 71.9 Å². The standard InChI is InChI=1S/C27H29ClN6/c1-32-16-18-33(19-17-32)14-5-13-29-20-21-8-10-22(11-9-21)25-24-12-15-34(23-6-3-2-4-7-23)26(24)31-27(28)30-25/h2-4,6-12,15,20H,5,13-14,16-19H2,1H3/b29-20+. The van der Waals surface area contributed by atoms with Gasteiger partial charge >= 0.3 is 0 Å². The number of rotatable bonds is 7. The second kappa shape index (κ2) is 10.5. The molecule has 1 aliphatic rings. The Hall–Kier alpha value is -3.06. The number of piperazine rings is 1. The van der Waals surface area contributed by atoms with E-state index in [1.807, 2.05) is 53.4 Å². The minimum Gasteiger partial charge on any atom is -0.304 e. The molecule has 0 unspecified atom stereocenters. The van der Waals surface area contributed by atoms with E-state index < -0.39 is 0 Å². The third kappa shape index (κ3) is 5.20. The van der Waals surface area contributed by atoms with Gasteiger partial charge in [0.15, 0.2) is 0 Å². The predicted molar refractivity (Wildman–Crippen MR) is 140 cm³/mol. The third-order valence-electron chi connectivity index (χ3n) is 6.33. The zero-order valence-electron chi connectivity index (χ0n) is 19.4. The highest BCUT2D eigenvalue weighted by Gasteiger charge is 2.14. The lowest BCUT2D eigenvalue weighted by atomic mass is 10.1.